The Kier molecular flexibility index (Phi) is 6.59. The van der Waals surface area contributed by atoms with Gasteiger partial charge in [0.1, 0.15) is 0 Å². The molecule has 0 bridgehead atoms. The minimum atomic E-state index is -0.372. The predicted octanol–water partition coefficient (Wildman–Crippen LogP) is 4.52. The van der Waals surface area contributed by atoms with Crippen LogP contribution in [0, 0.1) is 6.92 Å². The summed E-state index contributed by atoms with van der Waals surface area (Å²) in [5.41, 5.74) is 3.56. The smallest absolute Gasteiger partial charge is 0.266 e. The summed E-state index contributed by atoms with van der Waals surface area (Å²) in [6.45, 7) is 6.87. The third-order valence-corrected chi connectivity index (χ3v) is 7.42. The van der Waals surface area contributed by atoms with Gasteiger partial charge in [-0.3, -0.25) is 14.2 Å². The molecule has 7 heteroatoms. The number of aromatic nitrogens is 2. The van der Waals surface area contributed by atoms with Gasteiger partial charge >= 0.3 is 0 Å². The van der Waals surface area contributed by atoms with Gasteiger partial charge in [0.15, 0.2) is 5.16 Å². The molecule has 3 aromatic carbocycles. The quantitative estimate of drug-likeness (QED) is 0.308. The second-order valence-corrected chi connectivity index (χ2v) is 10.1. The summed E-state index contributed by atoms with van der Waals surface area (Å²) in [6.07, 6.45) is 0. The first-order chi connectivity index (χ1) is 17.0. The Morgan fingerprint density at radius 1 is 0.857 bits per heavy atom. The van der Waals surface area contributed by atoms with Crippen LogP contribution in [-0.4, -0.2) is 51.8 Å². The first kappa shape index (κ1) is 23.2. The van der Waals surface area contributed by atoms with Crippen LogP contribution in [0.15, 0.2) is 88.8 Å². The molecule has 0 spiro atoms. The summed E-state index contributed by atoms with van der Waals surface area (Å²) in [5.74, 6) is 0.0700. The lowest BCUT2D eigenvalue weighted by molar-refractivity contribution is -0.130. The van der Waals surface area contributed by atoms with Crippen LogP contribution in [0.2, 0.25) is 0 Å². The molecule has 1 amide bonds. The first-order valence-electron chi connectivity index (χ1n) is 11.9. The van der Waals surface area contributed by atoms with E-state index >= 15 is 0 Å². The summed E-state index contributed by atoms with van der Waals surface area (Å²) >= 11 is 1.34. The SMILES string of the molecule is Cc1ccc(-n2c(SC(C)C(=O)N3CCN(c4ccccc4)CC3)nc3ccccc3c2=O)cc1. The number of fused-ring (bicyclic) bond motifs is 1. The van der Waals surface area contributed by atoms with Crippen LogP contribution >= 0.6 is 11.8 Å². The number of amides is 1. The van der Waals surface area contributed by atoms with E-state index in [1.165, 1.54) is 17.4 Å². The van der Waals surface area contributed by atoms with E-state index < -0.39 is 0 Å². The fourth-order valence-corrected chi connectivity index (χ4v) is 5.41. The van der Waals surface area contributed by atoms with Crippen molar-refractivity contribution in [1.82, 2.24) is 14.5 Å². The molecule has 5 rings (SSSR count). The van der Waals surface area contributed by atoms with Gasteiger partial charge in [0.2, 0.25) is 5.91 Å². The standard InChI is InChI=1S/C28H28N4O2S/c1-20-12-14-23(15-13-20)32-27(34)24-10-6-7-11-25(24)29-28(32)35-21(2)26(33)31-18-16-30(17-19-31)22-8-4-3-5-9-22/h3-15,21H,16-19H2,1-2H3. The molecule has 1 unspecified atom stereocenters. The van der Waals surface area contributed by atoms with Crippen LogP contribution in [0.1, 0.15) is 12.5 Å². The summed E-state index contributed by atoms with van der Waals surface area (Å²) in [7, 11) is 0. The maximum atomic E-state index is 13.5. The molecule has 0 radical (unpaired) electrons. The lowest BCUT2D eigenvalue weighted by Crippen LogP contribution is -2.50. The van der Waals surface area contributed by atoms with Gasteiger partial charge in [-0.1, -0.05) is 59.8 Å². The Labute approximate surface area is 209 Å². The number of thioether (sulfide) groups is 1. The highest BCUT2D eigenvalue weighted by Crippen LogP contribution is 2.27. The fraction of sp³-hybridized carbons (Fsp3) is 0.250. The van der Waals surface area contributed by atoms with E-state index in [0.717, 1.165) is 24.3 Å². The van der Waals surface area contributed by atoms with Crippen molar-refractivity contribution in [3.05, 3.63) is 94.8 Å². The van der Waals surface area contributed by atoms with Gasteiger partial charge < -0.3 is 9.80 Å². The average molecular weight is 485 g/mol. The summed E-state index contributed by atoms with van der Waals surface area (Å²) in [6, 6.07) is 25.5. The molecule has 1 aromatic heterocycles. The van der Waals surface area contributed by atoms with Crippen molar-refractivity contribution >= 4 is 34.3 Å². The zero-order valence-electron chi connectivity index (χ0n) is 19.9. The maximum absolute atomic E-state index is 13.5. The van der Waals surface area contributed by atoms with E-state index in [0.29, 0.717) is 29.1 Å². The number of nitrogens with zero attached hydrogens (tertiary/aromatic N) is 4. The van der Waals surface area contributed by atoms with E-state index in [2.05, 4.69) is 17.0 Å². The maximum Gasteiger partial charge on any atom is 0.266 e. The molecule has 0 N–H and O–H groups in total. The van der Waals surface area contributed by atoms with Crippen LogP contribution < -0.4 is 10.5 Å². The molecule has 1 atom stereocenters. The number of piperazine rings is 1. The third-order valence-electron chi connectivity index (χ3n) is 6.38. The lowest BCUT2D eigenvalue weighted by atomic mass is 10.2. The van der Waals surface area contributed by atoms with Gasteiger partial charge in [-0.05, 0) is 50.2 Å². The lowest BCUT2D eigenvalue weighted by Gasteiger charge is -2.37. The molecule has 2 heterocycles. The van der Waals surface area contributed by atoms with Gasteiger partial charge in [0.05, 0.1) is 21.8 Å². The van der Waals surface area contributed by atoms with Crippen LogP contribution in [0.4, 0.5) is 5.69 Å². The number of hydrogen-bond acceptors (Lipinski definition) is 5. The Balaban J connectivity index is 1.39. The molecule has 35 heavy (non-hydrogen) atoms. The molecule has 1 saturated heterocycles. The second kappa shape index (κ2) is 9.96. The highest BCUT2D eigenvalue weighted by molar-refractivity contribution is 8.00. The van der Waals surface area contributed by atoms with Crippen molar-refractivity contribution in [3.8, 4) is 5.69 Å². The molecule has 178 valence electrons. The molecular weight excluding hydrogens is 456 g/mol. The highest BCUT2D eigenvalue weighted by atomic mass is 32.2. The van der Waals surface area contributed by atoms with E-state index in [9.17, 15) is 9.59 Å². The zero-order chi connectivity index (χ0) is 24.4. The summed E-state index contributed by atoms with van der Waals surface area (Å²) < 4.78 is 1.63. The van der Waals surface area contributed by atoms with E-state index in [1.54, 1.807) is 10.6 Å². The van der Waals surface area contributed by atoms with Crippen LogP contribution in [0.5, 0.6) is 0 Å². The van der Waals surface area contributed by atoms with Crippen molar-refractivity contribution < 1.29 is 4.79 Å². The average Bonchev–Trinajstić information content (AvgIpc) is 2.90. The Morgan fingerprint density at radius 3 is 2.23 bits per heavy atom. The Morgan fingerprint density at radius 2 is 1.51 bits per heavy atom. The topological polar surface area (TPSA) is 58.4 Å². The minimum absolute atomic E-state index is 0.0700. The normalized spacial score (nSPS) is 14.8. The molecule has 4 aromatic rings. The molecule has 1 fully saturated rings. The van der Waals surface area contributed by atoms with Crippen molar-refractivity contribution in [2.24, 2.45) is 0 Å². The number of aryl methyl sites for hydroxylation is 1. The monoisotopic (exact) mass is 484 g/mol. The molecule has 0 aliphatic carbocycles. The van der Waals surface area contributed by atoms with Crippen molar-refractivity contribution in [2.45, 2.75) is 24.3 Å². The number of hydrogen-bond donors (Lipinski definition) is 0. The van der Waals surface area contributed by atoms with Crippen LogP contribution in [0.25, 0.3) is 16.6 Å². The van der Waals surface area contributed by atoms with Crippen molar-refractivity contribution in [2.75, 3.05) is 31.1 Å². The number of carbonyl (C=O) groups is 1. The second-order valence-electron chi connectivity index (χ2n) is 8.80. The van der Waals surface area contributed by atoms with Gasteiger partial charge in [0, 0.05) is 31.9 Å². The first-order valence-corrected chi connectivity index (χ1v) is 12.7. The third kappa shape index (κ3) is 4.82. The molecule has 0 saturated carbocycles. The number of para-hydroxylation sites is 2. The number of carbonyl (C=O) groups excluding carboxylic acids is 1. The van der Waals surface area contributed by atoms with Gasteiger partial charge in [0.25, 0.3) is 5.56 Å². The molecule has 1 aliphatic rings. The van der Waals surface area contributed by atoms with Crippen LogP contribution in [-0.2, 0) is 4.79 Å². The minimum Gasteiger partial charge on any atom is -0.368 e. The Bertz CT molecular complexity index is 1390. The predicted molar refractivity (Wildman–Crippen MR) is 143 cm³/mol. The van der Waals surface area contributed by atoms with Gasteiger partial charge in [-0.15, -0.1) is 0 Å². The largest absolute Gasteiger partial charge is 0.368 e. The van der Waals surface area contributed by atoms with E-state index in [-0.39, 0.29) is 16.7 Å². The van der Waals surface area contributed by atoms with Crippen LogP contribution in [0.3, 0.4) is 0 Å². The van der Waals surface area contributed by atoms with Gasteiger partial charge in [-0.25, -0.2) is 4.98 Å². The van der Waals surface area contributed by atoms with Gasteiger partial charge in [-0.2, -0.15) is 0 Å². The molecular formula is C28H28N4O2S. The summed E-state index contributed by atoms with van der Waals surface area (Å²) in [4.78, 5) is 35.9. The Hall–Kier alpha value is -3.58. The molecule has 1 aliphatic heterocycles. The molecule has 6 nitrogen and oxygen atoms in total. The van der Waals surface area contributed by atoms with Crippen molar-refractivity contribution in [1.29, 1.82) is 0 Å². The number of anilines is 1. The van der Waals surface area contributed by atoms with Crippen molar-refractivity contribution in [3.63, 3.8) is 0 Å². The highest BCUT2D eigenvalue weighted by Gasteiger charge is 2.27. The zero-order valence-corrected chi connectivity index (χ0v) is 20.7. The van der Waals surface area contributed by atoms with E-state index in [1.807, 2.05) is 79.4 Å². The fourth-order valence-electron chi connectivity index (χ4n) is 4.40. The van der Waals surface area contributed by atoms with E-state index in [4.69, 9.17) is 4.98 Å². The number of rotatable bonds is 5. The summed E-state index contributed by atoms with van der Waals surface area (Å²) in [5, 5.41) is 0.720. The number of benzene rings is 3.